The number of nitrogens with zero attached hydrogens (tertiary/aromatic N) is 2. The number of nitrogen functional groups attached to an aromatic ring is 1. The topological polar surface area (TPSA) is 51.8 Å². The Balaban J connectivity index is 2.44. The maximum Gasteiger partial charge on any atom is 0.221 e. The molecule has 0 saturated carbocycles. The fraction of sp³-hybridized carbons (Fsp3) is 0.333. The lowest BCUT2D eigenvalue weighted by molar-refractivity contribution is 1.08. The Kier molecular flexibility index (Phi) is 2.88. The van der Waals surface area contributed by atoms with Gasteiger partial charge in [0.2, 0.25) is 5.95 Å². The van der Waals surface area contributed by atoms with Crippen LogP contribution in [0.25, 0.3) is 10.2 Å². The van der Waals surface area contributed by atoms with Gasteiger partial charge in [-0.15, -0.1) is 23.1 Å². The molecule has 0 radical (unpaired) electrons. The van der Waals surface area contributed by atoms with Gasteiger partial charge in [0.15, 0.2) is 0 Å². The van der Waals surface area contributed by atoms with Gasteiger partial charge in [-0.25, -0.2) is 9.97 Å². The van der Waals surface area contributed by atoms with E-state index < -0.39 is 0 Å². The van der Waals surface area contributed by atoms with E-state index in [0.717, 1.165) is 27.4 Å². The summed E-state index contributed by atoms with van der Waals surface area (Å²) in [4.78, 5) is 8.42. The van der Waals surface area contributed by atoms with Crippen LogP contribution in [-0.2, 0) is 0 Å². The zero-order valence-corrected chi connectivity index (χ0v) is 9.49. The van der Waals surface area contributed by atoms with Gasteiger partial charge in [-0.2, -0.15) is 0 Å². The van der Waals surface area contributed by atoms with Gasteiger partial charge in [0.05, 0.1) is 10.2 Å². The summed E-state index contributed by atoms with van der Waals surface area (Å²) in [5.74, 6) is 1.44. The zero-order chi connectivity index (χ0) is 9.97. The maximum absolute atomic E-state index is 5.62. The number of fused-ring (bicyclic) bond motifs is 1. The third-order valence-corrected chi connectivity index (χ3v) is 3.95. The Hall–Kier alpha value is -0.810. The van der Waals surface area contributed by atoms with E-state index in [1.807, 2.05) is 11.4 Å². The summed E-state index contributed by atoms with van der Waals surface area (Å²) in [5.41, 5.74) is 6.58. The first-order chi connectivity index (χ1) is 6.81. The minimum atomic E-state index is 0.370. The lowest BCUT2D eigenvalue weighted by atomic mass is 10.5. The first kappa shape index (κ1) is 9.73. The van der Waals surface area contributed by atoms with Crippen LogP contribution in [0.1, 0.15) is 13.3 Å². The van der Waals surface area contributed by atoms with Crippen LogP contribution in [0.4, 0.5) is 5.95 Å². The molecule has 2 rings (SSSR count). The summed E-state index contributed by atoms with van der Waals surface area (Å²) in [5, 5.41) is 3.04. The molecule has 2 N–H and O–H groups in total. The van der Waals surface area contributed by atoms with Crippen molar-refractivity contribution in [3.8, 4) is 0 Å². The second kappa shape index (κ2) is 4.14. The normalized spacial score (nSPS) is 10.9. The van der Waals surface area contributed by atoms with Gasteiger partial charge in [0, 0.05) is 0 Å². The number of aromatic nitrogens is 2. The van der Waals surface area contributed by atoms with Crippen molar-refractivity contribution in [3.63, 3.8) is 0 Å². The van der Waals surface area contributed by atoms with Crippen LogP contribution in [0.3, 0.4) is 0 Å². The molecule has 2 heterocycles. The van der Waals surface area contributed by atoms with Gasteiger partial charge >= 0.3 is 0 Å². The second-order valence-corrected chi connectivity index (χ2v) is 4.87. The Morgan fingerprint density at radius 2 is 2.36 bits per heavy atom. The van der Waals surface area contributed by atoms with E-state index in [4.69, 9.17) is 5.73 Å². The number of hydrogen-bond donors (Lipinski definition) is 1. The Morgan fingerprint density at radius 3 is 3.14 bits per heavy atom. The predicted molar refractivity (Wildman–Crippen MR) is 62.8 cm³/mol. The highest BCUT2D eigenvalue weighted by atomic mass is 32.2. The van der Waals surface area contributed by atoms with E-state index in [-0.39, 0.29) is 0 Å². The maximum atomic E-state index is 5.62. The van der Waals surface area contributed by atoms with Crippen molar-refractivity contribution in [1.29, 1.82) is 0 Å². The molecule has 2 aromatic rings. The molecule has 0 aliphatic heterocycles. The number of nitrogens with two attached hydrogens (primary N) is 1. The lowest BCUT2D eigenvalue weighted by Crippen LogP contribution is -1.95. The van der Waals surface area contributed by atoms with Crippen LogP contribution >= 0.6 is 23.1 Å². The molecule has 3 nitrogen and oxygen atoms in total. The second-order valence-electron chi connectivity index (χ2n) is 2.87. The van der Waals surface area contributed by atoms with Gasteiger partial charge in [-0.05, 0) is 23.6 Å². The van der Waals surface area contributed by atoms with E-state index in [1.54, 1.807) is 23.1 Å². The molecule has 14 heavy (non-hydrogen) atoms. The van der Waals surface area contributed by atoms with Gasteiger partial charge in [-0.1, -0.05) is 6.92 Å². The summed E-state index contributed by atoms with van der Waals surface area (Å²) in [6, 6.07) is 1.98. The lowest BCUT2D eigenvalue weighted by Gasteiger charge is -2.01. The zero-order valence-electron chi connectivity index (χ0n) is 7.86. The third kappa shape index (κ3) is 1.83. The van der Waals surface area contributed by atoms with Crippen LogP contribution in [0.15, 0.2) is 16.5 Å². The van der Waals surface area contributed by atoms with Crippen molar-refractivity contribution >= 4 is 39.3 Å². The highest BCUT2D eigenvalue weighted by Crippen LogP contribution is 2.30. The smallest absolute Gasteiger partial charge is 0.221 e. The fourth-order valence-corrected chi connectivity index (χ4v) is 2.98. The molecule has 5 heteroatoms. The van der Waals surface area contributed by atoms with Crippen LogP contribution in [0.5, 0.6) is 0 Å². The first-order valence-corrected chi connectivity index (χ1v) is 6.31. The number of rotatable bonds is 3. The van der Waals surface area contributed by atoms with E-state index in [0.29, 0.717) is 5.95 Å². The van der Waals surface area contributed by atoms with Gasteiger partial charge < -0.3 is 5.73 Å². The molecule has 0 aliphatic carbocycles. The molecule has 0 saturated heterocycles. The van der Waals surface area contributed by atoms with Crippen molar-refractivity contribution < 1.29 is 0 Å². The minimum absolute atomic E-state index is 0.370. The number of thioether (sulfide) groups is 1. The monoisotopic (exact) mass is 225 g/mol. The van der Waals surface area contributed by atoms with E-state index >= 15 is 0 Å². The SMILES string of the molecule is CCCSc1nc(N)nc2ccsc12. The molecular formula is C9H11N3S2. The quantitative estimate of drug-likeness (QED) is 0.644. The Morgan fingerprint density at radius 1 is 1.50 bits per heavy atom. The molecular weight excluding hydrogens is 214 g/mol. The van der Waals surface area contributed by atoms with Crippen molar-refractivity contribution in [2.75, 3.05) is 11.5 Å². The number of thiophene rings is 1. The van der Waals surface area contributed by atoms with E-state index in [1.165, 1.54) is 0 Å². The third-order valence-electron chi connectivity index (χ3n) is 1.73. The molecule has 0 aromatic carbocycles. The Bertz CT molecular complexity index is 439. The van der Waals surface area contributed by atoms with Crippen LogP contribution < -0.4 is 5.73 Å². The highest BCUT2D eigenvalue weighted by Gasteiger charge is 2.07. The minimum Gasteiger partial charge on any atom is -0.368 e. The molecule has 74 valence electrons. The van der Waals surface area contributed by atoms with Gasteiger partial charge in [0.1, 0.15) is 5.03 Å². The van der Waals surface area contributed by atoms with Crippen molar-refractivity contribution in [2.24, 2.45) is 0 Å². The molecule has 0 unspecified atom stereocenters. The summed E-state index contributed by atoms with van der Waals surface area (Å²) in [6.45, 7) is 2.16. The number of anilines is 1. The molecule has 2 aromatic heterocycles. The summed E-state index contributed by atoms with van der Waals surface area (Å²) < 4.78 is 1.15. The largest absolute Gasteiger partial charge is 0.368 e. The number of hydrogen-bond acceptors (Lipinski definition) is 5. The Labute approximate surface area is 90.8 Å². The summed E-state index contributed by atoms with van der Waals surface area (Å²) >= 11 is 3.42. The average molecular weight is 225 g/mol. The first-order valence-electron chi connectivity index (χ1n) is 4.44. The molecule has 0 bridgehead atoms. The molecule has 0 aliphatic rings. The van der Waals surface area contributed by atoms with Crippen LogP contribution in [0, 0.1) is 0 Å². The van der Waals surface area contributed by atoms with Crippen molar-refractivity contribution in [1.82, 2.24) is 9.97 Å². The molecule has 0 atom stereocenters. The summed E-state index contributed by atoms with van der Waals surface area (Å²) in [6.07, 6.45) is 1.14. The predicted octanol–water partition coefficient (Wildman–Crippen LogP) is 2.78. The van der Waals surface area contributed by atoms with E-state index in [9.17, 15) is 0 Å². The molecule has 0 fully saturated rings. The van der Waals surface area contributed by atoms with Gasteiger partial charge in [0.25, 0.3) is 0 Å². The summed E-state index contributed by atoms with van der Waals surface area (Å²) in [7, 11) is 0. The molecule has 0 spiro atoms. The van der Waals surface area contributed by atoms with Crippen LogP contribution in [-0.4, -0.2) is 15.7 Å². The highest BCUT2D eigenvalue weighted by molar-refractivity contribution is 7.99. The van der Waals surface area contributed by atoms with Crippen molar-refractivity contribution in [2.45, 2.75) is 18.4 Å². The van der Waals surface area contributed by atoms with Crippen LogP contribution in [0.2, 0.25) is 0 Å². The average Bonchev–Trinajstić information content (AvgIpc) is 2.61. The van der Waals surface area contributed by atoms with Gasteiger partial charge in [-0.3, -0.25) is 0 Å². The standard InChI is InChI=1S/C9H11N3S2/c1-2-4-14-8-7-6(3-5-13-7)11-9(10)12-8/h3,5H,2,4H2,1H3,(H2,10,11,12). The fourth-order valence-electron chi connectivity index (χ4n) is 1.15. The molecule has 0 amide bonds. The van der Waals surface area contributed by atoms with Crippen molar-refractivity contribution in [3.05, 3.63) is 11.4 Å². The van der Waals surface area contributed by atoms with E-state index in [2.05, 4.69) is 16.9 Å².